The number of rotatable bonds is 7. The summed E-state index contributed by atoms with van der Waals surface area (Å²) in [6.45, 7) is 7.25. The van der Waals surface area contributed by atoms with Crippen LogP contribution < -0.4 is 14.2 Å². The maximum atomic E-state index is 6.37. The van der Waals surface area contributed by atoms with Gasteiger partial charge in [-0.15, -0.1) is 0 Å². The molecule has 0 saturated heterocycles. The zero-order valence-corrected chi connectivity index (χ0v) is 21.1. The van der Waals surface area contributed by atoms with Crippen molar-refractivity contribution in [3.05, 3.63) is 89.5 Å². The largest absolute Gasteiger partial charge is 0.497 e. The van der Waals surface area contributed by atoms with Crippen molar-refractivity contribution < 1.29 is 14.2 Å². The summed E-state index contributed by atoms with van der Waals surface area (Å²) in [4.78, 5) is 2.14. The topological polar surface area (TPSA) is 30.9 Å². The van der Waals surface area contributed by atoms with Crippen LogP contribution in [0.4, 0.5) is 0 Å². The Labute approximate surface area is 203 Å². The van der Waals surface area contributed by atoms with Crippen LogP contribution in [0.15, 0.2) is 72.8 Å². The number of benzene rings is 3. The normalized spacial score (nSPS) is 16.9. The fraction of sp³-hybridized carbons (Fsp3) is 0.333. The molecule has 0 bridgehead atoms. The Bertz CT molecular complexity index is 1150. The molecule has 0 radical (unpaired) electrons. The van der Waals surface area contributed by atoms with Gasteiger partial charge in [0.1, 0.15) is 29.0 Å². The van der Waals surface area contributed by atoms with Crippen molar-refractivity contribution in [3.8, 4) is 17.2 Å². The highest BCUT2D eigenvalue weighted by molar-refractivity contribution is 6.00. The van der Waals surface area contributed by atoms with Crippen molar-refractivity contribution in [2.75, 3.05) is 27.7 Å². The molecule has 4 rings (SSSR count). The van der Waals surface area contributed by atoms with Crippen LogP contribution in [0, 0.1) is 0 Å². The van der Waals surface area contributed by atoms with Crippen LogP contribution >= 0.6 is 0 Å². The lowest BCUT2D eigenvalue weighted by Gasteiger charge is -2.36. The molecule has 4 heteroatoms. The minimum absolute atomic E-state index is 0.117. The number of nitrogens with zero attached hydrogens (tertiary/aromatic N) is 1. The van der Waals surface area contributed by atoms with Gasteiger partial charge < -0.3 is 19.1 Å². The Balaban J connectivity index is 1.82. The Morgan fingerprint density at radius 2 is 1.59 bits per heavy atom. The average molecular weight is 458 g/mol. The van der Waals surface area contributed by atoms with Gasteiger partial charge in [-0.05, 0) is 81.4 Å². The molecule has 0 amide bonds. The van der Waals surface area contributed by atoms with Gasteiger partial charge in [0.2, 0.25) is 0 Å². The van der Waals surface area contributed by atoms with Crippen molar-refractivity contribution in [3.63, 3.8) is 0 Å². The average Bonchev–Trinajstić information content (AvgIpc) is 2.79. The van der Waals surface area contributed by atoms with E-state index in [1.54, 1.807) is 7.11 Å². The third kappa shape index (κ3) is 5.45. The van der Waals surface area contributed by atoms with Crippen LogP contribution in [-0.2, 0) is 0 Å². The standard InChI is InChI=1S/C30H35NO3/c1-21(20-31(4)5)33-24-14-12-23(13-15-24)29(22-10-8-7-9-11-22)27-19-30(2,3)34-28-18-25(32-6)16-17-26(27)28/h7-18,21H,19-20H2,1-6H3/b29-27-. The summed E-state index contributed by atoms with van der Waals surface area (Å²) in [5.74, 6) is 2.54. The van der Waals surface area contributed by atoms with Crippen LogP contribution in [0.1, 0.15) is 43.9 Å². The highest BCUT2D eigenvalue weighted by atomic mass is 16.5. The molecule has 0 saturated carbocycles. The van der Waals surface area contributed by atoms with E-state index in [0.29, 0.717) is 0 Å². The minimum atomic E-state index is -0.334. The molecule has 0 aromatic heterocycles. The molecule has 1 unspecified atom stereocenters. The SMILES string of the molecule is COc1ccc2c(c1)OC(C)(C)C/C2=C(\c1ccccc1)c1ccc(OC(C)CN(C)C)cc1. The molecule has 4 nitrogen and oxygen atoms in total. The molecular weight excluding hydrogens is 422 g/mol. The quantitative estimate of drug-likeness (QED) is 0.403. The van der Waals surface area contributed by atoms with Crippen molar-refractivity contribution >= 4 is 11.1 Å². The number of ether oxygens (including phenoxy) is 3. The van der Waals surface area contributed by atoms with Gasteiger partial charge in [0.05, 0.1) is 7.11 Å². The van der Waals surface area contributed by atoms with Gasteiger partial charge in [0, 0.05) is 24.6 Å². The molecule has 1 aliphatic heterocycles. The second-order valence-corrected chi connectivity index (χ2v) is 9.84. The molecule has 3 aromatic rings. The maximum Gasteiger partial charge on any atom is 0.131 e. The van der Waals surface area contributed by atoms with Gasteiger partial charge in [-0.2, -0.15) is 0 Å². The molecule has 3 aromatic carbocycles. The fourth-order valence-electron chi connectivity index (χ4n) is 4.65. The van der Waals surface area contributed by atoms with Crippen molar-refractivity contribution in [1.29, 1.82) is 0 Å². The molecule has 0 N–H and O–H groups in total. The molecule has 34 heavy (non-hydrogen) atoms. The molecule has 178 valence electrons. The van der Waals surface area contributed by atoms with E-state index in [-0.39, 0.29) is 11.7 Å². The first-order chi connectivity index (χ1) is 16.3. The lowest BCUT2D eigenvalue weighted by Crippen LogP contribution is -2.32. The van der Waals surface area contributed by atoms with Crippen LogP contribution in [0.5, 0.6) is 17.2 Å². The first kappa shape index (κ1) is 23.9. The minimum Gasteiger partial charge on any atom is -0.497 e. The van der Waals surface area contributed by atoms with Crippen molar-refractivity contribution in [2.24, 2.45) is 0 Å². The first-order valence-corrected chi connectivity index (χ1v) is 11.8. The second kappa shape index (κ2) is 9.94. The fourth-order valence-corrected chi connectivity index (χ4v) is 4.65. The number of hydrogen-bond donors (Lipinski definition) is 0. The Kier molecular flexibility index (Phi) is 6.99. The Hall–Kier alpha value is -3.24. The second-order valence-electron chi connectivity index (χ2n) is 9.84. The zero-order valence-electron chi connectivity index (χ0n) is 21.1. The van der Waals surface area contributed by atoms with E-state index in [1.165, 1.54) is 16.7 Å². The first-order valence-electron chi connectivity index (χ1n) is 11.8. The number of fused-ring (bicyclic) bond motifs is 1. The van der Waals surface area contributed by atoms with E-state index < -0.39 is 0 Å². The third-order valence-electron chi connectivity index (χ3n) is 5.97. The monoisotopic (exact) mass is 457 g/mol. The van der Waals surface area contributed by atoms with Gasteiger partial charge in [0.15, 0.2) is 0 Å². The van der Waals surface area contributed by atoms with E-state index in [2.05, 4.69) is 100 Å². The molecule has 0 spiro atoms. The Morgan fingerprint density at radius 1 is 0.941 bits per heavy atom. The number of hydrogen-bond acceptors (Lipinski definition) is 4. The Morgan fingerprint density at radius 3 is 2.24 bits per heavy atom. The van der Waals surface area contributed by atoms with Crippen LogP contribution in [0.2, 0.25) is 0 Å². The number of methoxy groups -OCH3 is 1. The molecule has 0 aliphatic carbocycles. The summed E-state index contributed by atoms with van der Waals surface area (Å²) in [7, 11) is 5.80. The van der Waals surface area contributed by atoms with Crippen molar-refractivity contribution in [1.82, 2.24) is 4.90 Å². The lowest BCUT2D eigenvalue weighted by molar-refractivity contribution is 0.107. The summed E-state index contributed by atoms with van der Waals surface area (Å²) in [5, 5.41) is 0. The highest BCUT2D eigenvalue weighted by Crippen LogP contribution is 2.46. The maximum absolute atomic E-state index is 6.37. The molecule has 0 fully saturated rings. The van der Waals surface area contributed by atoms with Crippen LogP contribution in [0.25, 0.3) is 11.1 Å². The van der Waals surface area contributed by atoms with Gasteiger partial charge in [-0.3, -0.25) is 0 Å². The predicted molar refractivity (Wildman–Crippen MR) is 140 cm³/mol. The van der Waals surface area contributed by atoms with E-state index in [4.69, 9.17) is 14.2 Å². The van der Waals surface area contributed by atoms with Crippen LogP contribution in [0.3, 0.4) is 0 Å². The molecule has 1 atom stereocenters. The summed E-state index contributed by atoms with van der Waals surface area (Å²) in [5.41, 5.74) is 5.61. The highest BCUT2D eigenvalue weighted by Gasteiger charge is 2.32. The van der Waals surface area contributed by atoms with Gasteiger partial charge in [0.25, 0.3) is 0 Å². The van der Waals surface area contributed by atoms with E-state index >= 15 is 0 Å². The smallest absolute Gasteiger partial charge is 0.131 e. The summed E-state index contributed by atoms with van der Waals surface area (Å²) in [6, 6.07) is 25.2. The van der Waals surface area contributed by atoms with Gasteiger partial charge >= 0.3 is 0 Å². The predicted octanol–water partition coefficient (Wildman–Crippen LogP) is 6.54. The molecular formula is C30H35NO3. The summed E-state index contributed by atoms with van der Waals surface area (Å²) < 4.78 is 18.0. The number of likely N-dealkylation sites (N-methyl/N-ethyl adjacent to an activating group) is 1. The van der Waals surface area contributed by atoms with Crippen LogP contribution in [-0.4, -0.2) is 44.4 Å². The molecule has 1 heterocycles. The zero-order chi connectivity index (χ0) is 24.3. The third-order valence-corrected chi connectivity index (χ3v) is 5.97. The summed E-state index contributed by atoms with van der Waals surface area (Å²) >= 11 is 0. The van der Waals surface area contributed by atoms with E-state index in [1.807, 2.05) is 12.1 Å². The van der Waals surface area contributed by atoms with E-state index in [0.717, 1.165) is 41.3 Å². The van der Waals surface area contributed by atoms with Crippen molar-refractivity contribution in [2.45, 2.75) is 38.9 Å². The van der Waals surface area contributed by atoms with E-state index in [9.17, 15) is 0 Å². The molecule has 1 aliphatic rings. The van der Waals surface area contributed by atoms with Gasteiger partial charge in [-0.1, -0.05) is 42.5 Å². The lowest BCUT2D eigenvalue weighted by atomic mass is 9.82. The van der Waals surface area contributed by atoms with Gasteiger partial charge in [-0.25, -0.2) is 0 Å². The summed E-state index contributed by atoms with van der Waals surface area (Å²) in [6.07, 6.45) is 0.917.